The van der Waals surface area contributed by atoms with Gasteiger partial charge in [0.1, 0.15) is 5.01 Å². The first kappa shape index (κ1) is 18.2. The quantitative estimate of drug-likeness (QED) is 0.504. The summed E-state index contributed by atoms with van der Waals surface area (Å²) in [5.41, 5.74) is 2.44. The van der Waals surface area contributed by atoms with Crippen LogP contribution < -0.4 is 0 Å². The lowest BCUT2D eigenvalue weighted by Gasteiger charge is -2.01. The van der Waals surface area contributed by atoms with Gasteiger partial charge in [-0.25, -0.2) is 14.6 Å². The normalized spacial score (nSPS) is 10.0. The van der Waals surface area contributed by atoms with Crippen LogP contribution in [-0.2, 0) is 9.47 Å². The minimum Gasteiger partial charge on any atom is -0.449 e. The Labute approximate surface area is 159 Å². The SMILES string of the molecule is C#CCOC(=O)c1ccc(-c2nc3ccc(C(=O)OCC#C)cc3s2)cc1. The Morgan fingerprint density at radius 2 is 1.52 bits per heavy atom. The number of carbonyl (C=O) groups excluding carboxylic acids is 2. The van der Waals surface area contributed by atoms with E-state index in [0.717, 1.165) is 20.8 Å². The van der Waals surface area contributed by atoms with Gasteiger partial charge in [0.2, 0.25) is 0 Å². The van der Waals surface area contributed by atoms with E-state index in [0.29, 0.717) is 11.1 Å². The third-order valence-corrected chi connectivity index (χ3v) is 4.63. The monoisotopic (exact) mass is 375 g/mol. The Morgan fingerprint density at radius 1 is 0.926 bits per heavy atom. The molecule has 0 amide bonds. The van der Waals surface area contributed by atoms with E-state index < -0.39 is 11.9 Å². The molecule has 2 aromatic carbocycles. The molecule has 0 saturated carbocycles. The van der Waals surface area contributed by atoms with Crippen LogP contribution in [0.1, 0.15) is 20.7 Å². The fraction of sp³-hybridized carbons (Fsp3) is 0.0952. The Hall–Kier alpha value is -3.61. The van der Waals surface area contributed by atoms with Gasteiger partial charge in [0.05, 0.1) is 21.3 Å². The number of benzene rings is 2. The molecule has 0 aliphatic carbocycles. The summed E-state index contributed by atoms with van der Waals surface area (Å²) in [4.78, 5) is 28.3. The lowest BCUT2D eigenvalue weighted by atomic mass is 10.1. The van der Waals surface area contributed by atoms with Crippen LogP contribution in [0, 0.1) is 24.7 Å². The van der Waals surface area contributed by atoms with Crippen LogP contribution in [-0.4, -0.2) is 30.1 Å². The highest BCUT2D eigenvalue weighted by Gasteiger charge is 2.12. The summed E-state index contributed by atoms with van der Waals surface area (Å²) in [6.07, 6.45) is 10.2. The van der Waals surface area contributed by atoms with Gasteiger partial charge in [-0.2, -0.15) is 0 Å². The van der Waals surface area contributed by atoms with Gasteiger partial charge in [0.25, 0.3) is 0 Å². The maximum atomic E-state index is 11.9. The van der Waals surface area contributed by atoms with Crippen molar-refractivity contribution in [3.8, 4) is 35.3 Å². The minimum atomic E-state index is -0.473. The Bertz CT molecular complexity index is 1080. The number of carbonyl (C=O) groups is 2. The van der Waals surface area contributed by atoms with Crippen LogP contribution in [0.2, 0.25) is 0 Å². The molecular weight excluding hydrogens is 362 g/mol. The number of hydrogen-bond acceptors (Lipinski definition) is 6. The highest BCUT2D eigenvalue weighted by Crippen LogP contribution is 2.31. The number of rotatable bonds is 5. The topological polar surface area (TPSA) is 65.5 Å². The van der Waals surface area contributed by atoms with Gasteiger partial charge in [-0.1, -0.05) is 24.0 Å². The van der Waals surface area contributed by atoms with Gasteiger partial charge in [-0.3, -0.25) is 0 Å². The average molecular weight is 375 g/mol. The third-order valence-electron chi connectivity index (χ3n) is 3.56. The zero-order valence-corrected chi connectivity index (χ0v) is 14.9. The summed E-state index contributed by atoms with van der Waals surface area (Å²) in [6, 6.07) is 12.0. The summed E-state index contributed by atoms with van der Waals surface area (Å²) in [6.45, 7) is -0.133. The second-order valence-corrected chi connectivity index (χ2v) is 6.37. The maximum absolute atomic E-state index is 11.9. The van der Waals surface area contributed by atoms with Crippen molar-refractivity contribution in [2.75, 3.05) is 13.2 Å². The maximum Gasteiger partial charge on any atom is 0.339 e. The van der Waals surface area contributed by atoms with Crippen molar-refractivity contribution < 1.29 is 19.1 Å². The number of fused-ring (bicyclic) bond motifs is 1. The summed E-state index contributed by atoms with van der Waals surface area (Å²) in [5.74, 6) is 3.56. The molecule has 5 nitrogen and oxygen atoms in total. The van der Waals surface area contributed by atoms with Crippen molar-refractivity contribution in [1.82, 2.24) is 4.98 Å². The van der Waals surface area contributed by atoms with E-state index in [-0.39, 0.29) is 13.2 Å². The second kappa shape index (κ2) is 8.18. The van der Waals surface area contributed by atoms with Crippen LogP contribution in [0.4, 0.5) is 0 Å². The molecular formula is C21H13NO4S. The predicted molar refractivity (Wildman–Crippen MR) is 103 cm³/mol. The molecule has 0 atom stereocenters. The van der Waals surface area contributed by atoms with Gasteiger partial charge in [-0.05, 0) is 30.3 Å². The highest BCUT2D eigenvalue weighted by atomic mass is 32.1. The van der Waals surface area contributed by atoms with Gasteiger partial charge in [0, 0.05) is 5.56 Å². The van der Waals surface area contributed by atoms with Crippen LogP contribution >= 0.6 is 11.3 Å². The van der Waals surface area contributed by atoms with Crippen molar-refractivity contribution in [2.24, 2.45) is 0 Å². The van der Waals surface area contributed by atoms with E-state index in [1.54, 1.807) is 42.5 Å². The fourth-order valence-corrected chi connectivity index (χ4v) is 3.32. The lowest BCUT2D eigenvalue weighted by Crippen LogP contribution is -2.04. The second-order valence-electron chi connectivity index (χ2n) is 5.34. The third kappa shape index (κ3) is 4.14. The molecule has 1 aromatic heterocycles. The molecule has 0 unspecified atom stereocenters. The van der Waals surface area contributed by atoms with Crippen LogP contribution in [0.25, 0.3) is 20.8 Å². The number of terminal acetylenes is 2. The standard InChI is InChI=1S/C21H13NO4S/c1-3-11-25-20(23)15-7-5-14(6-8-15)19-22-17-10-9-16(13-18(17)27-19)21(24)26-12-4-2/h1-2,5-10,13H,11-12H2. The smallest absolute Gasteiger partial charge is 0.339 e. The minimum absolute atomic E-state index is 0.0649. The number of thiazole rings is 1. The number of esters is 2. The molecule has 0 saturated heterocycles. The zero-order valence-electron chi connectivity index (χ0n) is 14.1. The van der Waals surface area contributed by atoms with Gasteiger partial charge in [0.15, 0.2) is 13.2 Å². The Morgan fingerprint density at radius 3 is 2.15 bits per heavy atom. The molecule has 0 fully saturated rings. The van der Waals surface area contributed by atoms with Crippen LogP contribution in [0.5, 0.6) is 0 Å². The number of aromatic nitrogens is 1. The molecule has 0 aliphatic rings. The Balaban J connectivity index is 1.83. The van der Waals surface area contributed by atoms with E-state index in [4.69, 9.17) is 22.3 Å². The summed E-state index contributed by atoms with van der Waals surface area (Å²) >= 11 is 1.43. The molecule has 0 N–H and O–H groups in total. The van der Waals surface area contributed by atoms with E-state index in [2.05, 4.69) is 16.8 Å². The predicted octanol–water partition coefficient (Wildman–Crippen LogP) is 3.54. The fourth-order valence-electron chi connectivity index (χ4n) is 2.31. The molecule has 3 aromatic rings. The van der Waals surface area contributed by atoms with Gasteiger partial charge in [-0.15, -0.1) is 24.2 Å². The molecule has 132 valence electrons. The van der Waals surface area contributed by atoms with Crippen LogP contribution in [0.3, 0.4) is 0 Å². The molecule has 0 radical (unpaired) electrons. The average Bonchev–Trinajstić information content (AvgIpc) is 3.13. The van der Waals surface area contributed by atoms with Crippen LogP contribution in [0.15, 0.2) is 42.5 Å². The Kier molecular flexibility index (Phi) is 5.51. The molecule has 0 bridgehead atoms. The molecule has 6 heteroatoms. The molecule has 27 heavy (non-hydrogen) atoms. The van der Waals surface area contributed by atoms with Crippen molar-refractivity contribution >= 4 is 33.5 Å². The van der Waals surface area contributed by atoms with E-state index in [1.165, 1.54) is 11.3 Å². The lowest BCUT2D eigenvalue weighted by molar-refractivity contribution is 0.0547. The largest absolute Gasteiger partial charge is 0.449 e. The summed E-state index contributed by atoms with van der Waals surface area (Å²) in [7, 11) is 0. The number of hydrogen-bond donors (Lipinski definition) is 0. The molecule has 0 spiro atoms. The van der Waals surface area contributed by atoms with Gasteiger partial charge < -0.3 is 9.47 Å². The van der Waals surface area contributed by atoms with E-state index in [9.17, 15) is 9.59 Å². The van der Waals surface area contributed by atoms with Crippen molar-refractivity contribution in [1.29, 1.82) is 0 Å². The zero-order chi connectivity index (χ0) is 19.2. The first-order chi connectivity index (χ1) is 13.1. The number of ether oxygens (including phenoxy) is 2. The van der Waals surface area contributed by atoms with E-state index in [1.807, 2.05) is 0 Å². The highest BCUT2D eigenvalue weighted by molar-refractivity contribution is 7.21. The van der Waals surface area contributed by atoms with Crippen molar-refractivity contribution in [3.05, 3.63) is 53.6 Å². The van der Waals surface area contributed by atoms with E-state index >= 15 is 0 Å². The van der Waals surface area contributed by atoms with Crippen molar-refractivity contribution in [3.63, 3.8) is 0 Å². The van der Waals surface area contributed by atoms with Crippen molar-refractivity contribution in [2.45, 2.75) is 0 Å². The van der Waals surface area contributed by atoms with Gasteiger partial charge >= 0.3 is 11.9 Å². The first-order valence-electron chi connectivity index (χ1n) is 7.84. The number of nitrogens with zero attached hydrogens (tertiary/aromatic N) is 1. The molecule has 0 aliphatic heterocycles. The summed E-state index contributed by atoms with van der Waals surface area (Å²) < 4.78 is 10.7. The molecule has 3 rings (SSSR count). The first-order valence-corrected chi connectivity index (χ1v) is 8.66. The molecule has 1 heterocycles. The summed E-state index contributed by atoms with van der Waals surface area (Å²) in [5, 5.41) is 0.766.